The first-order valence-electron chi connectivity index (χ1n) is 12.3. The molecule has 1 saturated heterocycles. The molecule has 0 radical (unpaired) electrons. The highest BCUT2D eigenvalue weighted by molar-refractivity contribution is 7.92. The van der Waals surface area contributed by atoms with E-state index >= 15 is 0 Å². The van der Waals surface area contributed by atoms with Crippen LogP contribution in [0.4, 0.5) is 11.5 Å². The molecule has 11 nitrogen and oxygen atoms in total. The van der Waals surface area contributed by atoms with Gasteiger partial charge in [0.25, 0.3) is 10.0 Å². The summed E-state index contributed by atoms with van der Waals surface area (Å²) in [4.78, 5) is 15.3. The molecule has 2 aromatic heterocycles. The minimum atomic E-state index is -3.92. The van der Waals surface area contributed by atoms with Gasteiger partial charge in [-0.2, -0.15) is 13.4 Å². The van der Waals surface area contributed by atoms with Crippen LogP contribution < -0.4 is 19.9 Å². The SMILES string of the molecule is COc1ccnc(S(=O)(=O)Nc2ccc(-c3nc(N)c(C(C)=N)c(OC4CCN(C(C)C)CC4)n3)cc2)c1. The van der Waals surface area contributed by atoms with E-state index in [1.807, 2.05) is 0 Å². The summed E-state index contributed by atoms with van der Waals surface area (Å²) in [6, 6.07) is 9.97. The third-order valence-electron chi connectivity index (χ3n) is 6.38. The molecule has 4 N–H and O–H groups in total. The molecule has 202 valence electrons. The van der Waals surface area contributed by atoms with Gasteiger partial charge in [-0.25, -0.2) is 9.97 Å². The molecule has 1 aliphatic rings. The molecule has 1 fully saturated rings. The zero-order chi connectivity index (χ0) is 27.4. The molecular formula is C26H33N7O4S. The Morgan fingerprint density at radius 3 is 2.45 bits per heavy atom. The number of hydrogen-bond donors (Lipinski definition) is 3. The largest absolute Gasteiger partial charge is 0.497 e. The number of nitrogen functional groups attached to an aromatic ring is 1. The van der Waals surface area contributed by atoms with Gasteiger partial charge in [-0.3, -0.25) is 4.72 Å². The van der Waals surface area contributed by atoms with E-state index in [-0.39, 0.29) is 28.5 Å². The molecule has 0 bridgehead atoms. The number of ether oxygens (including phenoxy) is 2. The zero-order valence-electron chi connectivity index (χ0n) is 21.9. The number of nitrogens with two attached hydrogens (primary N) is 1. The van der Waals surface area contributed by atoms with Crippen molar-refractivity contribution in [2.45, 2.75) is 50.8 Å². The summed E-state index contributed by atoms with van der Waals surface area (Å²) in [7, 11) is -2.46. The molecular weight excluding hydrogens is 506 g/mol. The van der Waals surface area contributed by atoms with E-state index in [1.165, 1.54) is 19.4 Å². The van der Waals surface area contributed by atoms with Gasteiger partial charge in [-0.1, -0.05) is 0 Å². The maximum absolute atomic E-state index is 12.8. The Balaban J connectivity index is 1.55. The zero-order valence-corrected chi connectivity index (χ0v) is 22.7. The Labute approximate surface area is 223 Å². The maximum atomic E-state index is 12.8. The number of nitrogens with one attached hydrogen (secondary N) is 2. The van der Waals surface area contributed by atoms with Crippen LogP contribution in [0.15, 0.2) is 47.6 Å². The highest BCUT2D eigenvalue weighted by Crippen LogP contribution is 2.30. The lowest BCUT2D eigenvalue weighted by Gasteiger charge is -2.34. The third-order valence-corrected chi connectivity index (χ3v) is 7.65. The second kappa shape index (κ2) is 11.3. The van der Waals surface area contributed by atoms with E-state index in [9.17, 15) is 8.42 Å². The first-order chi connectivity index (χ1) is 18.1. The number of sulfonamides is 1. The lowest BCUT2D eigenvalue weighted by molar-refractivity contribution is 0.0812. The summed E-state index contributed by atoms with van der Waals surface area (Å²) in [5, 5.41) is 8.02. The molecule has 38 heavy (non-hydrogen) atoms. The molecule has 0 saturated carbocycles. The molecule has 1 aliphatic heterocycles. The van der Waals surface area contributed by atoms with Gasteiger partial charge in [0.05, 0.1) is 12.7 Å². The van der Waals surface area contributed by atoms with Gasteiger partial charge in [0.2, 0.25) is 5.88 Å². The third kappa shape index (κ3) is 6.20. The summed E-state index contributed by atoms with van der Waals surface area (Å²) in [5.74, 6) is 1.16. The number of anilines is 2. The number of methoxy groups -OCH3 is 1. The van der Waals surface area contributed by atoms with Crippen LogP contribution in [-0.2, 0) is 10.0 Å². The van der Waals surface area contributed by atoms with E-state index < -0.39 is 10.0 Å². The molecule has 12 heteroatoms. The fourth-order valence-corrected chi connectivity index (χ4v) is 5.27. The van der Waals surface area contributed by atoms with Crippen molar-refractivity contribution >= 4 is 27.2 Å². The standard InChI is InChI=1S/C26H33N7O4S/c1-16(2)33-13-10-20(11-14-33)37-26-23(17(3)27)24(28)30-25(31-26)18-5-7-19(8-6-18)32-38(34,35)22-15-21(36-4)9-12-29-22/h5-9,12,15-16,20,27,32H,10-11,13-14H2,1-4H3,(H2,28,30,31). The van der Waals surface area contributed by atoms with E-state index in [0.29, 0.717) is 34.4 Å². The molecule has 0 spiro atoms. The number of hydrogen-bond acceptors (Lipinski definition) is 10. The van der Waals surface area contributed by atoms with Gasteiger partial charge in [-0.05, 0) is 63.9 Å². The van der Waals surface area contributed by atoms with E-state index in [4.69, 9.17) is 20.6 Å². The molecule has 0 amide bonds. The quantitative estimate of drug-likeness (QED) is 0.346. The Kier molecular flexibility index (Phi) is 8.12. The molecule has 4 rings (SSSR count). The van der Waals surface area contributed by atoms with Crippen LogP contribution in [0.3, 0.4) is 0 Å². The van der Waals surface area contributed by atoms with Crippen LogP contribution in [0.5, 0.6) is 11.6 Å². The van der Waals surface area contributed by atoms with E-state index in [1.54, 1.807) is 37.3 Å². The molecule has 3 heterocycles. The maximum Gasteiger partial charge on any atom is 0.279 e. The summed E-state index contributed by atoms with van der Waals surface area (Å²) < 4.78 is 39.4. The van der Waals surface area contributed by atoms with Gasteiger partial charge >= 0.3 is 0 Å². The van der Waals surface area contributed by atoms with Crippen LogP contribution in [-0.4, -0.2) is 66.3 Å². The van der Waals surface area contributed by atoms with Gasteiger partial charge < -0.3 is 25.5 Å². The van der Waals surface area contributed by atoms with Crippen molar-refractivity contribution in [2.24, 2.45) is 0 Å². The number of likely N-dealkylation sites (tertiary alicyclic amines) is 1. The van der Waals surface area contributed by atoms with Gasteiger partial charge in [0.1, 0.15) is 17.7 Å². The minimum Gasteiger partial charge on any atom is -0.497 e. The normalized spacial score (nSPS) is 14.9. The lowest BCUT2D eigenvalue weighted by atomic mass is 10.1. The first kappa shape index (κ1) is 27.3. The number of pyridine rings is 1. The van der Waals surface area contributed by atoms with Crippen molar-refractivity contribution < 1.29 is 17.9 Å². The number of piperidine rings is 1. The van der Waals surface area contributed by atoms with Crippen molar-refractivity contribution in [2.75, 3.05) is 30.7 Å². The van der Waals surface area contributed by atoms with Gasteiger partial charge in [0, 0.05) is 48.4 Å². The monoisotopic (exact) mass is 539 g/mol. The van der Waals surface area contributed by atoms with Crippen LogP contribution >= 0.6 is 0 Å². The summed E-state index contributed by atoms with van der Waals surface area (Å²) in [6.45, 7) is 7.84. The van der Waals surface area contributed by atoms with Crippen LogP contribution in [0.1, 0.15) is 39.2 Å². The summed E-state index contributed by atoms with van der Waals surface area (Å²) >= 11 is 0. The summed E-state index contributed by atoms with van der Waals surface area (Å²) in [5.41, 5.74) is 7.80. The lowest BCUT2D eigenvalue weighted by Crippen LogP contribution is -2.42. The van der Waals surface area contributed by atoms with Crippen molar-refractivity contribution in [3.63, 3.8) is 0 Å². The Hall–Kier alpha value is -3.77. The molecule has 1 aromatic carbocycles. The molecule has 0 atom stereocenters. The predicted octanol–water partition coefficient (Wildman–Crippen LogP) is 3.57. The smallest absolute Gasteiger partial charge is 0.279 e. The van der Waals surface area contributed by atoms with Crippen molar-refractivity contribution in [3.8, 4) is 23.0 Å². The topological polar surface area (TPSA) is 156 Å². The fraction of sp³-hybridized carbons (Fsp3) is 0.385. The van der Waals surface area contributed by atoms with Crippen LogP contribution in [0, 0.1) is 5.41 Å². The van der Waals surface area contributed by atoms with Crippen LogP contribution in [0.25, 0.3) is 11.4 Å². The van der Waals surface area contributed by atoms with E-state index in [2.05, 4.69) is 38.4 Å². The highest BCUT2D eigenvalue weighted by Gasteiger charge is 2.25. The number of aromatic nitrogens is 3. The van der Waals surface area contributed by atoms with Crippen molar-refractivity contribution in [1.29, 1.82) is 5.41 Å². The van der Waals surface area contributed by atoms with E-state index in [0.717, 1.165) is 25.9 Å². The van der Waals surface area contributed by atoms with Gasteiger partial charge in [-0.15, -0.1) is 0 Å². The van der Waals surface area contributed by atoms with Gasteiger partial charge in [0.15, 0.2) is 10.9 Å². The Bertz CT molecular complexity index is 1400. The Morgan fingerprint density at radius 1 is 1.16 bits per heavy atom. The predicted molar refractivity (Wildman–Crippen MR) is 146 cm³/mol. The van der Waals surface area contributed by atoms with Crippen molar-refractivity contribution in [3.05, 3.63) is 48.2 Å². The number of nitrogens with zero attached hydrogens (tertiary/aromatic N) is 4. The second-order valence-electron chi connectivity index (χ2n) is 9.40. The Morgan fingerprint density at radius 2 is 1.84 bits per heavy atom. The number of benzene rings is 1. The average molecular weight is 540 g/mol. The minimum absolute atomic E-state index is 0.0350. The average Bonchev–Trinajstić information content (AvgIpc) is 2.88. The molecule has 0 aliphatic carbocycles. The fourth-order valence-electron chi connectivity index (χ4n) is 4.25. The summed E-state index contributed by atoms with van der Waals surface area (Å²) in [6.07, 6.45) is 3.04. The highest BCUT2D eigenvalue weighted by atomic mass is 32.2. The second-order valence-corrected chi connectivity index (χ2v) is 11.0. The van der Waals surface area contributed by atoms with Crippen LogP contribution in [0.2, 0.25) is 0 Å². The molecule has 0 unspecified atom stereocenters. The number of rotatable bonds is 9. The molecule has 3 aromatic rings. The van der Waals surface area contributed by atoms with Crippen molar-refractivity contribution in [1.82, 2.24) is 19.9 Å². The first-order valence-corrected chi connectivity index (χ1v) is 13.8.